The van der Waals surface area contributed by atoms with Gasteiger partial charge in [0.1, 0.15) is 0 Å². The van der Waals surface area contributed by atoms with Gasteiger partial charge in [-0.3, -0.25) is 4.79 Å². The number of hydrogen-bond donors (Lipinski definition) is 0. The van der Waals surface area contributed by atoms with Crippen LogP contribution < -0.4 is 5.62 Å². The van der Waals surface area contributed by atoms with Crippen LogP contribution in [0.25, 0.3) is 0 Å². The molecule has 0 aliphatic carbocycles. The average Bonchev–Trinajstić information content (AvgIpc) is 1.93. The molecule has 0 radical (unpaired) electrons. The molecule has 0 N–H and O–H groups in total. The number of hydrogen-bond acceptors (Lipinski definition) is 2. The van der Waals surface area contributed by atoms with Crippen molar-refractivity contribution in [3.05, 3.63) is 24.1 Å². The van der Waals surface area contributed by atoms with E-state index in [1.54, 1.807) is 30.1 Å². The molecule has 0 bridgehead atoms. The molecule has 0 atom stereocenters. The lowest BCUT2D eigenvalue weighted by Gasteiger charge is -1.94. The summed E-state index contributed by atoms with van der Waals surface area (Å²) in [4.78, 5) is 18.1. The zero-order valence-corrected chi connectivity index (χ0v) is 6.48. The monoisotopic (exact) mass is 151 g/mol. The predicted octanol–water partition coefficient (Wildman–Crippen LogP) is -0.133. The molecule has 1 heterocycles. The lowest BCUT2D eigenvalue weighted by atomic mass is 10.6. The normalized spacial score (nSPS) is 11.6. The Bertz CT molecular complexity index is 326. The van der Waals surface area contributed by atoms with Gasteiger partial charge in [0, 0.05) is 26.4 Å². The van der Waals surface area contributed by atoms with Crippen molar-refractivity contribution >= 4 is 5.91 Å². The molecule has 58 valence electrons. The smallest absolute Gasteiger partial charge is 0.245 e. The van der Waals surface area contributed by atoms with E-state index in [1.165, 1.54) is 6.92 Å². The van der Waals surface area contributed by atoms with Gasteiger partial charge in [-0.05, 0) is 6.07 Å². The molecule has 0 aliphatic heterocycles. The SMILES string of the molecule is CC(=O)N=c1ncccn1C. The van der Waals surface area contributed by atoms with Gasteiger partial charge >= 0.3 is 0 Å². The first-order chi connectivity index (χ1) is 5.20. The number of amides is 1. The van der Waals surface area contributed by atoms with Crippen molar-refractivity contribution in [2.45, 2.75) is 6.92 Å². The summed E-state index contributed by atoms with van der Waals surface area (Å²) >= 11 is 0. The van der Waals surface area contributed by atoms with Crippen molar-refractivity contribution in [3.63, 3.8) is 0 Å². The summed E-state index contributed by atoms with van der Waals surface area (Å²) in [5.41, 5.74) is 0.431. The number of nitrogens with zero attached hydrogens (tertiary/aromatic N) is 3. The van der Waals surface area contributed by atoms with Gasteiger partial charge in [0.2, 0.25) is 11.5 Å². The highest BCUT2D eigenvalue weighted by atomic mass is 16.1. The van der Waals surface area contributed by atoms with E-state index in [0.29, 0.717) is 5.62 Å². The van der Waals surface area contributed by atoms with Crippen LogP contribution in [-0.2, 0) is 11.8 Å². The molecular formula is C7H9N3O. The van der Waals surface area contributed by atoms with E-state index in [1.807, 2.05) is 0 Å². The Hall–Kier alpha value is -1.45. The van der Waals surface area contributed by atoms with Gasteiger partial charge in [-0.15, -0.1) is 0 Å². The van der Waals surface area contributed by atoms with Crippen LogP contribution in [0.15, 0.2) is 23.5 Å². The number of carbonyl (C=O) groups is 1. The fourth-order valence-electron chi connectivity index (χ4n) is 0.684. The summed E-state index contributed by atoms with van der Waals surface area (Å²) in [6.45, 7) is 1.40. The Labute approximate surface area is 64.2 Å². The van der Waals surface area contributed by atoms with Crippen LogP contribution in [0.2, 0.25) is 0 Å². The van der Waals surface area contributed by atoms with E-state index in [2.05, 4.69) is 9.98 Å². The molecule has 1 aromatic heterocycles. The Balaban J connectivity index is 3.23. The highest BCUT2D eigenvalue weighted by Gasteiger charge is 1.88. The van der Waals surface area contributed by atoms with E-state index in [4.69, 9.17) is 0 Å². The van der Waals surface area contributed by atoms with E-state index < -0.39 is 0 Å². The summed E-state index contributed by atoms with van der Waals surface area (Å²) in [5, 5.41) is 0. The van der Waals surface area contributed by atoms with Crippen LogP contribution in [0.3, 0.4) is 0 Å². The molecule has 0 fully saturated rings. The third-order valence-electron chi connectivity index (χ3n) is 1.16. The average molecular weight is 151 g/mol. The van der Waals surface area contributed by atoms with Gasteiger partial charge in [-0.1, -0.05) is 0 Å². The second kappa shape index (κ2) is 3.09. The summed E-state index contributed by atoms with van der Waals surface area (Å²) in [6.07, 6.45) is 3.39. The van der Waals surface area contributed by atoms with E-state index in [-0.39, 0.29) is 5.91 Å². The van der Waals surface area contributed by atoms with Crippen LogP contribution in [0, 0.1) is 0 Å². The molecule has 1 aromatic rings. The van der Waals surface area contributed by atoms with Gasteiger partial charge < -0.3 is 4.57 Å². The standard InChI is InChI=1S/C7H9N3O/c1-6(11)9-7-8-4-3-5-10(7)2/h3-5H,1-2H3. The first-order valence-corrected chi connectivity index (χ1v) is 3.23. The third kappa shape index (κ3) is 2.00. The minimum atomic E-state index is -0.237. The lowest BCUT2D eigenvalue weighted by Crippen LogP contribution is -2.21. The van der Waals surface area contributed by atoms with Crippen molar-refractivity contribution in [2.75, 3.05) is 0 Å². The molecule has 0 aromatic carbocycles. The summed E-state index contributed by atoms with van der Waals surface area (Å²) in [5.74, 6) is -0.237. The summed E-state index contributed by atoms with van der Waals surface area (Å²) < 4.78 is 1.68. The molecule has 0 saturated carbocycles. The second-order valence-corrected chi connectivity index (χ2v) is 2.16. The van der Waals surface area contributed by atoms with Crippen molar-refractivity contribution in [1.29, 1.82) is 0 Å². The fourth-order valence-corrected chi connectivity index (χ4v) is 0.684. The largest absolute Gasteiger partial charge is 0.320 e. The van der Waals surface area contributed by atoms with Crippen molar-refractivity contribution in [2.24, 2.45) is 12.0 Å². The van der Waals surface area contributed by atoms with Crippen molar-refractivity contribution in [3.8, 4) is 0 Å². The minimum Gasteiger partial charge on any atom is -0.320 e. The number of rotatable bonds is 0. The lowest BCUT2D eigenvalue weighted by molar-refractivity contribution is -0.116. The Morgan fingerprint density at radius 1 is 1.73 bits per heavy atom. The molecule has 4 nitrogen and oxygen atoms in total. The second-order valence-electron chi connectivity index (χ2n) is 2.16. The van der Waals surface area contributed by atoms with Gasteiger partial charge in [-0.2, -0.15) is 4.99 Å². The molecule has 0 spiro atoms. The first-order valence-electron chi connectivity index (χ1n) is 3.23. The summed E-state index contributed by atoms with van der Waals surface area (Å²) in [7, 11) is 1.79. The zero-order valence-electron chi connectivity index (χ0n) is 6.48. The number of aryl methyl sites for hydroxylation is 1. The van der Waals surface area contributed by atoms with Gasteiger partial charge in [0.25, 0.3) is 0 Å². The first kappa shape index (κ1) is 7.65. The minimum absolute atomic E-state index is 0.237. The summed E-state index contributed by atoms with van der Waals surface area (Å²) in [6, 6.07) is 1.78. The van der Waals surface area contributed by atoms with Crippen LogP contribution in [0.1, 0.15) is 6.92 Å². The van der Waals surface area contributed by atoms with Crippen LogP contribution >= 0.6 is 0 Å². The van der Waals surface area contributed by atoms with Crippen molar-refractivity contribution < 1.29 is 4.79 Å². The van der Waals surface area contributed by atoms with E-state index in [0.717, 1.165) is 0 Å². The topological polar surface area (TPSA) is 47.2 Å². The number of carbonyl (C=O) groups excluding carboxylic acids is 1. The third-order valence-corrected chi connectivity index (χ3v) is 1.16. The van der Waals surface area contributed by atoms with Crippen molar-refractivity contribution in [1.82, 2.24) is 9.55 Å². The van der Waals surface area contributed by atoms with E-state index in [9.17, 15) is 4.79 Å². The van der Waals surface area contributed by atoms with Crippen LogP contribution in [-0.4, -0.2) is 15.5 Å². The van der Waals surface area contributed by atoms with Crippen LogP contribution in [0.4, 0.5) is 0 Å². The Kier molecular flexibility index (Phi) is 2.15. The maximum atomic E-state index is 10.5. The maximum Gasteiger partial charge on any atom is 0.245 e. The van der Waals surface area contributed by atoms with Gasteiger partial charge in [-0.25, -0.2) is 4.98 Å². The molecule has 11 heavy (non-hydrogen) atoms. The zero-order chi connectivity index (χ0) is 8.27. The quantitative estimate of drug-likeness (QED) is 0.518. The molecule has 0 unspecified atom stereocenters. The van der Waals surface area contributed by atoms with Gasteiger partial charge in [0.15, 0.2) is 0 Å². The van der Waals surface area contributed by atoms with Gasteiger partial charge in [0.05, 0.1) is 0 Å². The molecule has 4 heteroatoms. The van der Waals surface area contributed by atoms with Crippen LogP contribution in [0.5, 0.6) is 0 Å². The van der Waals surface area contributed by atoms with E-state index >= 15 is 0 Å². The highest BCUT2D eigenvalue weighted by molar-refractivity contribution is 5.73. The highest BCUT2D eigenvalue weighted by Crippen LogP contribution is 1.72. The molecule has 0 aliphatic rings. The Morgan fingerprint density at radius 2 is 2.45 bits per heavy atom. The molecule has 1 amide bonds. The molecule has 1 rings (SSSR count). The predicted molar refractivity (Wildman–Crippen MR) is 39.5 cm³/mol. The fraction of sp³-hybridized carbons (Fsp3) is 0.286. The molecular weight excluding hydrogens is 142 g/mol. The Morgan fingerprint density at radius 3 is 3.00 bits per heavy atom. The number of aromatic nitrogens is 2. The molecule has 0 saturated heterocycles. The maximum absolute atomic E-state index is 10.5.